The summed E-state index contributed by atoms with van der Waals surface area (Å²) in [5, 5.41) is -0.272. The molecule has 1 atom stereocenters. The Labute approximate surface area is 121 Å². The number of hydrogen-bond donors (Lipinski definition) is 0. The summed E-state index contributed by atoms with van der Waals surface area (Å²) in [7, 11) is 0. The topological polar surface area (TPSA) is 9.23 Å². The number of rotatable bonds is 3. The molecule has 0 aromatic heterocycles. The van der Waals surface area contributed by atoms with Gasteiger partial charge in [0.2, 0.25) is 0 Å². The van der Waals surface area contributed by atoms with Gasteiger partial charge in [0, 0.05) is 0 Å². The highest BCUT2D eigenvalue weighted by Crippen LogP contribution is 2.29. The fourth-order valence-corrected chi connectivity index (χ4v) is 2.69. The molecule has 0 fully saturated rings. The Morgan fingerprint density at radius 2 is 1.80 bits per heavy atom. The normalized spacial score (nSPS) is 15.2. The van der Waals surface area contributed by atoms with Crippen molar-refractivity contribution in [1.29, 1.82) is 0 Å². The molecule has 4 heteroatoms. The van der Waals surface area contributed by atoms with Crippen molar-refractivity contribution in [3.63, 3.8) is 0 Å². The quantitative estimate of drug-likeness (QED) is 0.756. The SMILES string of the molecule is Fc1ccc(CC(Cl)c2ccc3c(c2)COC3)cc1F. The number of halogens is 3. The Hall–Kier alpha value is -1.45. The van der Waals surface area contributed by atoms with Gasteiger partial charge in [-0.2, -0.15) is 0 Å². The van der Waals surface area contributed by atoms with Gasteiger partial charge in [0.25, 0.3) is 0 Å². The third kappa shape index (κ3) is 2.69. The molecule has 0 spiro atoms. The molecule has 0 aliphatic carbocycles. The van der Waals surface area contributed by atoms with Gasteiger partial charge in [-0.15, -0.1) is 11.6 Å². The standard InChI is InChI=1S/C16H13ClF2O/c17-14(5-10-1-4-15(18)16(19)6-10)11-2-3-12-8-20-9-13(12)7-11/h1-4,6-7,14H,5,8-9H2. The first-order valence-electron chi connectivity index (χ1n) is 6.41. The van der Waals surface area contributed by atoms with Crippen LogP contribution in [-0.4, -0.2) is 0 Å². The number of fused-ring (bicyclic) bond motifs is 1. The highest BCUT2D eigenvalue weighted by Gasteiger charge is 2.16. The Kier molecular flexibility index (Phi) is 3.72. The van der Waals surface area contributed by atoms with Crippen LogP contribution in [0.5, 0.6) is 0 Å². The van der Waals surface area contributed by atoms with E-state index in [0.29, 0.717) is 25.2 Å². The number of hydrogen-bond acceptors (Lipinski definition) is 1. The molecule has 1 nitrogen and oxygen atoms in total. The first kappa shape index (κ1) is 13.5. The maximum absolute atomic E-state index is 13.2. The summed E-state index contributed by atoms with van der Waals surface area (Å²) >= 11 is 6.38. The second-order valence-corrected chi connectivity index (χ2v) is 5.47. The van der Waals surface area contributed by atoms with E-state index in [1.807, 2.05) is 18.2 Å². The van der Waals surface area contributed by atoms with Gasteiger partial charge < -0.3 is 4.74 Å². The van der Waals surface area contributed by atoms with Gasteiger partial charge in [-0.25, -0.2) is 8.78 Å². The van der Waals surface area contributed by atoms with Crippen LogP contribution < -0.4 is 0 Å². The summed E-state index contributed by atoms with van der Waals surface area (Å²) in [5.74, 6) is -1.68. The summed E-state index contributed by atoms with van der Waals surface area (Å²) in [6, 6.07) is 9.89. The van der Waals surface area contributed by atoms with Gasteiger partial charge in [0.1, 0.15) is 0 Å². The molecule has 0 amide bonds. The predicted molar refractivity (Wildman–Crippen MR) is 73.6 cm³/mol. The van der Waals surface area contributed by atoms with Crippen molar-refractivity contribution in [2.45, 2.75) is 25.0 Å². The zero-order valence-electron chi connectivity index (χ0n) is 10.7. The summed E-state index contributed by atoms with van der Waals surface area (Å²) in [5.41, 5.74) is 3.99. The van der Waals surface area contributed by atoms with E-state index in [1.54, 1.807) is 6.07 Å². The third-order valence-corrected chi connectivity index (χ3v) is 3.91. The molecule has 0 saturated carbocycles. The molecule has 0 bridgehead atoms. The number of benzene rings is 2. The zero-order valence-corrected chi connectivity index (χ0v) is 11.5. The molecule has 0 saturated heterocycles. The molecular weight excluding hydrogens is 282 g/mol. The molecule has 1 aliphatic heterocycles. The number of alkyl halides is 1. The smallest absolute Gasteiger partial charge is 0.159 e. The fraction of sp³-hybridized carbons (Fsp3) is 0.250. The van der Waals surface area contributed by atoms with E-state index in [0.717, 1.165) is 17.2 Å². The van der Waals surface area contributed by atoms with Crippen LogP contribution in [0.2, 0.25) is 0 Å². The molecule has 2 aromatic carbocycles. The maximum atomic E-state index is 13.2. The lowest BCUT2D eigenvalue weighted by Gasteiger charge is -2.11. The van der Waals surface area contributed by atoms with Crippen LogP contribution in [0.1, 0.15) is 27.6 Å². The zero-order chi connectivity index (χ0) is 14.1. The van der Waals surface area contributed by atoms with Crippen LogP contribution in [0.25, 0.3) is 0 Å². The Balaban J connectivity index is 1.78. The molecule has 104 valence electrons. The summed E-state index contributed by atoms with van der Waals surface area (Å²) in [6.07, 6.45) is 0.457. The van der Waals surface area contributed by atoms with Crippen molar-refractivity contribution < 1.29 is 13.5 Å². The minimum Gasteiger partial charge on any atom is -0.372 e. The van der Waals surface area contributed by atoms with E-state index in [-0.39, 0.29) is 5.38 Å². The third-order valence-electron chi connectivity index (χ3n) is 3.51. The van der Waals surface area contributed by atoms with Crippen molar-refractivity contribution in [2.24, 2.45) is 0 Å². The van der Waals surface area contributed by atoms with E-state index in [9.17, 15) is 8.78 Å². The Bertz CT molecular complexity index is 642. The molecule has 0 N–H and O–H groups in total. The van der Waals surface area contributed by atoms with E-state index >= 15 is 0 Å². The van der Waals surface area contributed by atoms with Gasteiger partial charge in [0.05, 0.1) is 18.6 Å². The van der Waals surface area contributed by atoms with Gasteiger partial charge in [0.15, 0.2) is 11.6 Å². The second-order valence-electron chi connectivity index (χ2n) is 4.94. The van der Waals surface area contributed by atoms with Crippen LogP contribution in [0.4, 0.5) is 8.78 Å². The molecular formula is C16H13ClF2O. The lowest BCUT2D eigenvalue weighted by Crippen LogP contribution is -1.98. The van der Waals surface area contributed by atoms with Crippen LogP contribution in [0.3, 0.4) is 0 Å². The lowest BCUT2D eigenvalue weighted by atomic mass is 10.00. The van der Waals surface area contributed by atoms with Gasteiger partial charge in [-0.3, -0.25) is 0 Å². The molecule has 1 aliphatic rings. The van der Waals surface area contributed by atoms with Crippen molar-refractivity contribution >= 4 is 11.6 Å². The molecule has 1 heterocycles. The highest BCUT2D eigenvalue weighted by molar-refractivity contribution is 6.20. The molecule has 1 unspecified atom stereocenters. The van der Waals surface area contributed by atoms with Crippen LogP contribution in [0, 0.1) is 11.6 Å². The molecule has 20 heavy (non-hydrogen) atoms. The summed E-state index contributed by atoms with van der Waals surface area (Å²) in [6.45, 7) is 1.25. The lowest BCUT2D eigenvalue weighted by molar-refractivity contribution is 0.134. The molecule has 0 radical (unpaired) electrons. The van der Waals surface area contributed by atoms with Crippen LogP contribution >= 0.6 is 11.6 Å². The minimum atomic E-state index is -0.839. The number of ether oxygens (including phenoxy) is 1. The Morgan fingerprint density at radius 3 is 2.60 bits per heavy atom. The van der Waals surface area contributed by atoms with Crippen molar-refractivity contribution in [1.82, 2.24) is 0 Å². The van der Waals surface area contributed by atoms with Gasteiger partial charge in [-0.05, 0) is 40.8 Å². The van der Waals surface area contributed by atoms with Crippen LogP contribution in [0.15, 0.2) is 36.4 Å². The molecule has 3 rings (SSSR count). The van der Waals surface area contributed by atoms with Crippen molar-refractivity contribution in [3.05, 3.63) is 70.3 Å². The minimum absolute atomic E-state index is 0.272. The van der Waals surface area contributed by atoms with E-state index in [1.165, 1.54) is 11.6 Å². The second kappa shape index (κ2) is 5.51. The molecule has 2 aromatic rings. The van der Waals surface area contributed by atoms with Gasteiger partial charge >= 0.3 is 0 Å². The van der Waals surface area contributed by atoms with E-state index in [4.69, 9.17) is 16.3 Å². The monoisotopic (exact) mass is 294 g/mol. The average molecular weight is 295 g/mol. The highest BCUT2D eigenvalue weighted by atomic mass is 35.5. The maximum Gasteiger partial charge on any atom is 0.159 e. The predicted octanol–water partition coefficient (Wildman–Crippen LogP) is 4.52. The largest absolute Gasteiger partial charge is 0.372 e. The van der Waals surface area contributed by atoms with E-state index < -0.39 is 11.6 Å². The summed E-state index contributed by atoms with van der Waals surface area (Å²) in [4.78, 5) is 0. The first-order chi connectivity index (χ1) is 9.63. The van der Waals surface area contributed by atoms with Crippen molar-refractivity contribution in [2.75, 3.05) is 0 Å². The van der Waals surface area contributed by atoms with Gasteiger partial charge in [-0.1, -0.05) is 24.3 Å². The average Bonchev–Trinajstić information content (AvgIpc) is 2.90. The van der Waals surface area contributed by atoms with Crippen molar-refractivity contribution in [3.8, 4) is 0 Å². The first-order valence-corrected chi connectivity index (χ1v) is 6.84. The summed E-state index contributed by atoms with van der Waals surface area (Å²) < 4.78 is 31.4. The fourth-order valence-electron chi connectivity index (χ4n) is 2.38. The van der Waals surface area contributed by atoms with Crippen LogP contribution in [-0.2, 0) is 24.4 Å². The Morgan fingerprint density at radius 1 is 1.00 bits per heavy atom. The van der Waals surface area contributed by atoms with E-state index in [2.05, 4.69) is 0 Å².